The number of pyridine rings is 1. The zero-order valence-corrected chi connectivity index (χ0v) is 17.7. The van der Waals surface area contributed by atoms with Gasteiger partial charge >= 0.3 is 0 Å². The van der Waals surface area contributed by atoms with Crippen molar-refractivity contribution in [2.75, 3.05) is 31.2 Å². The van der Waals surface area contributed by atoms with Crippen LogP contribution in [0.15, 0.2) is 36.5 Å². The number of fused-ring (bicyclic) bond motifs is 2. The van der Waals surface area contributed by atoms with E-state index in [1.54, 1.807) is 17.5 Å². The lowest BCUT2D eigenvalue weighted by atomic mass is 9.95. The van der Waals surface area contributed by atoms with Gasteiger partial charge in [0.1, 0.15) is 23.6 Å². The Morgan fingerprint density at radius 1 is 1.20 bits per heavy atom. The third-order valence-corrected chi connectivity index (χ3v) is 6.76. The van der Waals surface area contributed by atoms with Crippen LogP contribution in [-0.2, 0) is 4.79 Å². The quantitative estimate of drug-likeness (QED) is 0.690. The maximum absolute atomic E-state index is 12.8. The maximum Gasteiger partial charge on any atom is 0.223 e. The standard InChI is InChI=1S/C22H24N4O3S/c1-14(16-4-5-18-19(13-16)29-12-11-28-18)24-20(27)15-6-9-26(10-7-15)22-25-17-3-2-8-23-21(17)30-22/h2-5,8,13-15H,6-7,9-12H2,1H3,(H,24,27)/t14-/m0/s1. The summed E-state index contributed by atoms with van der Waals surface area (Å²) >= 11 is 1.61. The van der Waals surface area contributed by atoms with E-state index < -0.39 is 0 Å². The van der Waals surface area contributed by atoms with Crippen LogP contribution in [0.1, 0.15) is 31.4 Å². The number of ether oxygens (including phenoxy) is 2. The van der Waals surface area contributed by atoms with Crippen LogP contribution in [0.5, 0.6) is 11.5 Å². The molecule has 1 amide bonds. The Bertz CT molecular complexity index is 1030. The number of piperidine rings is 1. The van der Waals surface area contributed by atoms with Crippen LogP contribution in [0.2, 0.25) is 0 Å². The summed E-state index contributed by atoms with van der Waals surface area (Å²) in [6.45, 7) is 4.80. The van der Waals surface area contributed by atoms with Crippen LogP contribution in [0.3, 0.4) is 0 Å². The van der Waals surface area contributed by atoms with Gasteiger partial charge in [-0.05, 0) is 49.6 Å². The molecular formula is C22H24N4O3S. The molecule has 2 aromatic heterocycles. The summed E-state index contributed by atoms with van der Waals surface area (Å²) in [5.41, 5.74) is 1.96. The molecule has 30 heavy (non-hydrogen) atoms. The van der Waals surface area contributed by atoms with E-state index in [9.17, 15) is 4.79 Å². The van der Waals surface area contributed by atoms with Crippen LogP contribution in [0.4, 0.5) is 5.13 Å². The molecule has 8 heteroatoms. The zero-order chi connectivity index (χ0) is 20.5. The van der Waals surface area contributed by atoms with E-state index >= 15 is 0 Å². The highest BCUT2D eigenvalue weighted by atomic mass is 32.1. The summed E-state index contributed by atoms with van der Waals surface area (Å²) in [6.07, 6.45) is 3.44. The first-order chi connectivity index (χ1) is 14.7. The van der Waals surface area contributed by atoms with Crippen molar-refractivity contribution < 1.29 is 14.3 Å². The van der Waals surface area contributed by atoms with E-state index in [1.807, 2.05) is 37.3 Å². The number of rotatable bonds is 4. The monoisotopic (exact) mass is 424 g/mol. The average Bonchev–Trinajstić information content (AvgIpc) is 3.23. The highest BCUT2D eigenvalue weighted by molar-refractivity contribution is 7.21. The number of nitrogens with one attached hydrogen (secondary N) is 1. The van der Waals surface area contributed by atoms with Gasteiger partial charge in [-0.2, -0.15) is 0 Å². The van der Waals surface area contributed by atoms with Gasteiger partial charge in [-0.25, -0.2) is 9.97 Å². The fourth-order valence-electron chi connectivity index (χ4n) is 3.97. The molecule has 0 saturated carbocycles. The van der Waals surface area contributed by atoms with E-state index in [-0.39, 0.29) is 17.9 Å². The molecule has 5 rings (SSSR count). The lowest BCUT2D eigenvalue weighted by Crippen LogP contribution is -2.41. The normalized spacial score (nSPS) is 17.7. The van der Waals surface area contributed by atoms with Crippen molar-refractivity contribution in [1.29, 1.82) is 0 Å². The summed E-state index contributed by atoms with van der Waals surface area (Å²) in [5, 5.41) is 4.16. The van der Waals surface area contributed by atoms with Gasteiger partial charge in [-0.3, -0.25) is 4.79 Å². The van der Waals surface area contributed by atoms with E-state index in [0.29, 0.717) is 13.2 Å². The second kappa shape index (κ2) is 8.10. The summed E-state index contributed by atoms with van der Waals surface area (Å²) in [7, 11) is 0. The van der Waals surface area contributed by atoms with Gasteiger partial charge in [0.25, 0.3) is 0 Å². The molecule has 1 saturated heterocycles. The van der Waals surface area contributed by atoms with Gasteiger partial charge in [-0.15, -0.1) is 0 Å². The Hall–Kier alpha value is -2.87. The first-order valence-electron chi connectivity index (χ1n) is 10.3. The Kier molecular flexibility index (Phi) is 5.16. The number of nitrogens with zero attached hydrogens (tertiary/aromatic N) is 3. The number of amides is 1. The van der Waals surface area contributed by atoms with Crippen molar-refractivity contribution in [2.24, 2.45) is 5.92 Å². The number of carbonyl (C=O) groups is 1. The molecule has 156 valence electrons. The molecule has 0 unspecified atom stereocenters. The molecule has 1 fully saturated rings. The lowest BCUT2D eigenvalue weighted by Gasteiger charge is -2.31. The highest BCUT2D eigenvalue weighted by Crippen LogP contribution is 2.33. The van der Waals surface area contributed by atoms with E-state index in [2.05, 4.69) is 20.2 Å². The summed E-state index contributed by atoms with van der Waals surface area (Å²) in [5.74, 6) is 1.65. The first-order valence-corrected chi connectivity index (χ1v) is 11.2. The van der Waals surface area contributed by atoms with Crippen molar-refractivity contribution in [1.82, 2.24) is 15.3 Å². The fourth-order valence-corrected chi connectivity index (χ4v) is 4.93. The molecule has 0 radical (unpaired) electrons. The summed E-state index contributed by atoms with van der Waals surface area (Å²) in [6, 6.07) is 9.68. The summed E-state index contributed by atoms with van der Waals surface area (Å²) in [4.78, 5) is 25.1. The molecule has 0 bridgehead atoms. The predicted molar refractivity (Wildman–Crippen MR) is 116 cm³/mol. The fraction of sp³-hybridized carbons (Fsp3) is 0.409. The van der Waals surface area contributed by atoms with E-state index in [4.69, 9.17) is 9.47 Å². The second-order valence-corrected chi connectivity index (χ2v) is 8.67. The molecule has 3 aromatic rings. The van der Waals surface area contributed by atoms with E-state index in [0.717, 1.165) is 58.5 Å². The van der Waals surface area contributed by atoms with Gasteiger partial charge in [0.05, 0.1) is 6.04 Å². The van der Waals surface area contributed by atoms with E-state index in [1.165, 1.54) is 0 Å². The predicted octanol–water partition coefficient (Wildman–Crippen LogP) is 3.56. The highest BCUT2D eigenvalue weighted by Gasteiger charge is 2.27. The first kappa shape index (κ1) is 19.1. The number of anilines is 1. The molecule has 1 aromatic carbocycles. The molecule has 2 aliphatic rings. The number of aromatic nitrogens is 2. The molecule has 1 N–H and O–H groups in total. The van der Waals surface area contributed by atoms with Crippen LogP contribution < -0.4 is 19.7 Å². The molecule has 0 aliphatic carbocycles. The van der Waals surface area contributed by atoms with Crippen LogP contribution in [0.25, 0.3) is 10.3 Å². The Morgan fingerprint density at radius 2 is 2.00 bits per heavy atom. The minimum Gasteiger partial charge on any atom is -0.486 e. The lowest BCUT2D eigenvalue weighted by molar-refractivity contribution is -0.126. The topological polar surface area (TPSA) is 76.6 Å². The second-order valence-electron chi connectivity index (χ2n) is 7.72. The SMILES string of the molecule is C[C@H](NC(=O)C1CCN(c2nc3cccnc3s2)CC1)c1ccc2c(c1)OCCO2. The molecule has 0 spiro atoms. The Balaban J connectivity index is 1.18. The number of benzene rings is 1. The molecular weight excluding hydrogens is 400 g/mol. The minimum atomic E-state index is -0.0818. The Labute approximate surface area is 179 Å². The van der Waals surface area contributed by atoms with Crippen molar-refractivity contribution in [3.63, 3.8) is 0 Å². The van der Waals surface area contributed by atoms with Gasteiger partial charge in [0.2, 0.25) is 5.91 Å². The number of carbonyl (C=O) groups excluding carboxylic acids is 1. The Morgan fingerprint density at radius 3 is 2.80 bits per heavy atom. The minimum absolute atomic E-state index is 0.0217. The van der Waals surface area contributed by atoms with Gasteiger partial charge in [0, 0.05) is 25.2 Å². The largest absolute Gasteiger partial charge is 0.486 e. The van der Waals surface area contributed by atoms with Gasteiger partial charge in [0.15, 0.2) is 16.6 Å². The molecule has 7 nitrogen and oxygen atoms in total. The maximum atomic E-state index is 12.8. The molecule has 1 atom stereocenters. The smallest absolute Gasteiger partial charge is 0.223 e. The van der Waals surface area contributed by atoms with Crippen LogP contribution in [-0.4, -0.2) is 42.2 Å². The third kappa shape index (κ3) is 3.79. The molecule has 2 aliphatic heterocycles. The zero-order valence-electron chi connectivity index (χ0n) is 16.8. The molecule has 4 heterocycles. The van der Waals surface area contributed by atoms with Crippen molar-refractivity contribution in [3.05, 3.63) is 42.1 Å². The van der Waals surface area contributed by atoms with Crippen molar-refractivity contribution >= 4 is 32.7 Å². The average molecular weight is 425 g/mol. The van der Waals surface area contributed by atoms with Gasteiger partial charge in [-0.1, -0.05) is 17.4 Å². The van der Waals surface area contributed by atoms with Crippen molar-refractivity contribution in [2.45, 2.75) is 25.8 Å². The number of thiazole rings is 1. The van der Waals surface area contributed by atoms with Crippen LogP contribution in [0, 0.1) is 5.92 Å². The number of hydrogen-bond donors (Lipinski definition) is 1. The number of hydrogen-bond acceptors (Lipinski definition) is 7. The van der Waals surface area contributed by atoms with Crippen molar-refractivity contribution in [3.8, 4) is 11.5 Å². The third-order valence-electron chi connectivity index (χ3n) is 5.72. The van der Waals surface area contributed by atoms with Crippen LogP contribution >= 0.6 is 11.3 Å². The van der Waals surface area contributed by atoms with Gasteiger partial charge < -0.3 is 19.7 Å². The summed E-state index contributed by atoms with van der Waals surface area (Å²) < 4.78 is 11.2.